The molecule has 6 heteroatoms. The molecule has 5 rings (SSSR count). The topological polar surface area (TPSA) is 49.9 Å². The third-order valence-electron chi connectivity index (χ3n) is 6.34. The number of hydrogen-bond donors (Lipinski definition) is 1. The summed E-state index contributed by atoms with van der Waals surface area (Å²) in [6.45, 7) is 0. The molecule has 146 valence electrons. The molecule has 3 aromatic rings. The van der Waals surface area contributed by atoms with E-state index < -0.39 is 15.7 Å². The maximum atomic E-state index is 14.4. The van der Waals surface area contributed by atoms with E-state index in [1.807, 2.05) is 12.3 Å². The summed E-state index contributed by atoms with van der Waals surface area (Å²) in [5, 5.41) is 0.739. The number of rotatable bonds is 4. The van der Waals surface area contributed by atoms with Crippen LogP contribution in [0.2, 0.25) is 0 Å². The lowest BCUT2D eigenvalue weighted by atomic mass is 9.71. The minimum absolute atomic E-state index is 0.209. The van der Waals surface area contributed by atoms with Gasteiger partial charge in [0.05, 0.1) is 11.3 Å². The minimum atomic E-state index is -3.30. The van der Waals surface area contributed by atoms with E-state index in [4.69, 9.17) is 0 Å². The Balaban J connectivity index is 1.75. The number of hydrogen-bond acceptors (Lipinski definition) is 2. The Bertz CT molecular complexity index is 1210. The molecule has 2 aliphatic rings. The number of halogens is 2. The zero-order valence-corrected chi connectivity index (χ0v) is 16.4. The molecule has 1 fully saturated rings. The number of sulfone groups is 1. The largest absolute Gasteiger partial charge is 0.361 e. The van der Waals surface area contributed by atoms with Crippen molar-refractivity contribution in [2.75, 3.05) is 6.26 Å². The van der Waals surface area contributed by atoms with Crippen molar-refractivity contribution in [2.24, 2.45) is 5.92 Å². The van der Waals surface area contributed by atoms with E-state index in [0.717, 1.165) is 54.0 Å². The maximum absolute atomic E-state index is 14.4. The van der Waals surface area contributed by atoms with Crippen LogP contribution in [-0.2, 0) is 27.4 Å². The molecule has 0 spiro atoms. The Morgan fingerprint density at radius 1 is 1.11 bits per heavy atom. The standard InChI is InChI=1S/C22H21F2NO2S/c1-28(26,27)12-14-9-17(24)10-18-20(11-25-21(14)18)22(15-2-3-15)7-6-13-8-16(23)4-5-19(13)22/h4-5,8-11,15,25H,2-3,6-7,12H2,1H3. The summed E-state index contributed by atoms with van der Waals surface area (Å²) in [5.74, 6) is -0.430. The van der Waals surface area contributed by atoms with Crippen molar-refractivity contribution in [1.82, 2.24) is 4.98 Å². The lowest BCUT2D eigenvalue weighted by molar-refractivity contribution is 0.448. The summed E-state index contributed by atoms with van der Waals surface area (Å²) in [6, 6.07) is 7.80. The van der Waals surface area contributed by atoms with E-state index in [9.17, 15) is 17.2 Å². The Kier molecular flexibility index (Phi) is 3.76. The fourth-order valence-electron chi connectivity index (χ4n) is 5.20. The molecule has 1 aromatic heterocycles. The Labute approximate surface area is 162 Å². The van der Waals surface area contributed by atoms with E-state index in [0.29, 0.717) is 17.0 Å². The highest BCUT2D eigenvalue weighted by atomic mass is 32.2. The molecule has 0 bridgehead atoms. The van der Waals surface area contributed by atoms with Gasteiger partial charge >= 0.3 is 0 Å². The average molecular weight is 401 g/mol. The summed E-state index contributed by atoms with van der Waals surface area (Å²) >= 11 is 0. The van der Waals surface area contributed by atoms with Gasteiger partial charge < -0.3 is 4.98 Å². The van der Waals surface area contributed by atoms with Crippen LogP contribution in [0, 0.1) is 17.6 Å². The van der Waals surface area contributed by atoms with Crippen molar-refractivity contribution in [3.8, 4) is 0 Å². The zero-order chi connectivity index (χ0) is 19.7. The normalized spacial score (nSPS) is 22.0. The molecule has 1 saturated carbocycles. The SMILES string of the molecule is CS(=O)(=O)Cc1cc(F)cc2c(C3(C4CC4)CCc4cc(F)ccc43)c[nH]c12. The summed E-state index contributed by atoms with van der Waals surface area (Å²) in [6.07, 6.45) is 6.90. The quantitative estimate of drug-likeness (QED) is 0.693. The number of aromatic amines is 1. The lowest BCUT2D eigenvalue weighted by Crippen LogP contribution is -2.27. The van der Waals surface area contributed by atoms with E-state index in [-0.39, 0.29) is 17.0 Å². The van der Waals surface area contributed by atoms with Crippen LogP contribution in [0.4, 0.5) is 8.78 Å². The van der Waals surface area contributed by atoms with Crippen LogP contribution in [-0.4, -0.2) is 19.7 Å². The molecular weight excluding hydrogens is 380 g/mol. The van der Waals surface area contributed by atoms with Crippen molar-refractivity contribution in [2.45, 2.75) is 36.9 Å². The molecular formula is C22H21F2NO2S. The first-order valence-electron chi connectivity index (χ1n) is 9.54. The fraction of sp³-hybridized carbons (Fsp3) is 0.364. The molecule has 28 heavy (non-hydrogen) atoms. The lowest BCUT2D eigenvalue weighted by Gasteiger charge is -2.31. The van der Waals surface area contributed by atoms with Crippen LogP contribution in [0.25, 0.3) is 10.9 Å². The molecule has 0 aliphatic heterocycles. The predicted octanol–water partition coefficient (Wildman–Crippen LogP) is 4.63. The molecule has 1 atom stereocenters. The van der Waals surface area contributed by atoms with Gasteiger partial charge in [-0.2, -0.15) is 0 Å². The van der Waals surface area contributed by atoms with Gasteiger partial charge in [-0.1, -0.05) is 6.07 Å². The number of aryl methyl sites for hydroxylation is 1. The fourth-order valence-corrected chi connectivity index (χ4v) is 6.00. The second-order valence-corrected chi connectivity index (χ2v) is 10.4. The highest BCUT2D eigenvalue weighted by Crippen LogP contribution is 2.59. The minimum Gasteiger partial charge on any atom is -0.361 e. The summed E-state index contributed by atoms with van der Waals surface area (Å²) in [4.78, 5) is 3.23. The van der Waals surface area contributed by atoms with Gasteiger partial charge in [0.1, 0.15) is 11.6 Å². The monoisotopic (exact) mass is 401 g/mol. The van der Waals surface area contributed by atoms with E-state index in [1.54, 1.807) is 6.07 Å². The molecule has 0 saturated heterocycles. The number of nitrogens with one attached hydrogen (secondary N) is 1. The smallest absolute Gasteiger partial charge is 0.151 e. The van der Waals surface area contributed by atoms with Gasteiger partial charge in [-0.05, 0) is 78.1 Å². The average Bonchev–Trinajstić information content (AvgIpc) is 3.26. The Morgan fingerprint density at radius 2 is 1.89 bits per heavy atom. The van der Waals surface area contributed by atoms with Gasteiger partial charge in [0.15, 0.2) is 9.84 Å². The van der Waals surface area contributed by atoms with Crippen LogP contribution < -0.4 is 0 Å². The van der Waals surface area contributed by atoms with Crippen molar-refractivity contribution in [1.29, 1.82) is 0 Å². The molecule has 2 aromatic carbocycles. The molecule has 1 heterocycles. The van der Waals surface area contributed by atoms with Gasteiger partial charge in [0, 0.05) is 23.3 Å². The molecule has 1 N–H and O–H groups in total. The van der Waals surface area contributed by atoms with Crippen LogP contribution >= 0.6 is 0 Å². The highest BCUT2D eigenvalue weighted by Gasteiger charge is 2.52. The van der Waals surface area contributed by atoms with Gasteiger partial charge in [0.25, 0.3) is 0 Å². The zero-order valence-electron chi connectivity index (χ0n) is 15.6. The van der Waals surface area contributed by atoms with Gasteiger partial charge in [-0.15, -0.1) is 0 Å². The predicted molar refractivity (Wildman–Crippen MR) is 105 cm³/mol. The molecule has 1 unspecified atom stereocenters. The maximum Gasteiger partial charge on any atom is 0.151 e. The first-order chi connectivity index (χ1) is 13.3. The van der Waals surface area contributed by atoms with Crippen molar-refractivity contribution < 1.29 is 17.2 Å². The highest BCUT2D eigenvalue weighted by molar-refractivity contribution is 7.89. The van der Waals surface area contributed by atoms with E-state index >= 15 is 0 Å². The van der Waals surface area contributed by atoms with Crippen molar-refractivity contribution in [3.05, 3.63) is 70.4 Å². The Morgan fingerprint density at radius 3 is 2.61 bits per heavy atom. The van der Waals surface area contributed by atoms with Crippen molar-refractivity contribution >= 4 is 20.7 Å². The molecule has 2 aliphatic carbocycles. The van der Waals surface area contributed by atoms with E-state index in [2.05, 4.69) is 4.98 Å². The summed E-state index contributed by atoms with van der Waals surface area (Å²) in [7, 11) is -3.30. The van der Waals surface area contributed by atoms with Gasteiger partial charge in [-0.25, -0.2) is 17.2 Å². The second-order valence-electron chi connectivity index (χ2n) is 8.31. The summed E-state index contributed by atoms with van der Waals surface area (Å²) in [5.41, 5.74) is 4.02. The van der Waals surface area contributed by atoms with Crippen LogP contribution in [0.15, 0.2) is 36.5 Å². The number of H-pyrrole nitrogens is 1. The molecule has 3 nitrogen and oxygen atoms in total. The first-order valence-corrected chi connectivity index (χ1v) is 11.6. The van der Waals surface area contributed by atoms with Crippen molar-refractivity contribution in [3.63, 3.8) is 0 Å². The third-order valence-corrected chi connectivity index (χ3v) is 7.18. The molecule has 0 amide bonds. The van der Waals surface area contributed by atoms with Crippen LogP contribution in [0.5, 0.6) is 0 Å². The molecule has 0 radical (unpaired) electrons. The van der Waals surface area contributed by atoms with Crippen LogP contribution in [0.3, 0.4) is 0 Å². The van der Waals surface area contributed by atoms with E-state index in [1.165, 1.54) is 18.2 Å². The van der Waals surface area contributed by atoms with Gasteiger partial charge in [-0.3, -0.25) is 0 Å². The Hall–Kier alpha value is -2.21. The van der Waals surface area contributed by atoms with Crippen LogP contribution in [0.1, 0.15) is 41.5 Å². The number of benzene rings is 2. The first kappa shape index (κ1) is 17.9. The second kappa shape index (κ2) is 5.89. The number of aromatic nitrogens is 1. The summed E-state index contributed by atoms with van der Waals surface area (Å²) < 4.78 is 51.9. The number of fused-ring (bicyclic) bond motifs is 2. The van der Waals surface area contributed by atoms with Gasteiger partial charge in [0.2, 0.25) is 0 Å². The third kappa shape index (κ3) is 2.69.